The number of rotatable bonds is 4. The number of nitrogens with one attached hydrogen (secondary N) is 1. The molecule has 1 aliphatic rings. The molecule has 10 heteroatoms. The van der Waals surface area contributed by atoms with Crippen molar-refractivity contribution in [1.82, 2.24) is 10.2 Å². The second-order valence-corrected chi connectivity index (χ2v) is 5.25. The van der Waals surface area contributed by atoms with Gasteiger partial charge in [-0.3, -0.25) is 14.5 Å². The van der Waals surface area contributed by atoms with Crippen LogP contribution in [0.3, 0.4) is 0 Å². The van der Waals surface area contributed by atoms with Crippen molar-refractivity contribution < 1.29 is 31.5 Å². The number of benzene rings is 1. The molecule has 0 spiro atoms. The van der Waals surface area contributed by atoms with Gasteiger partial charge >= 0.3 is 6.05 Å². The molecule has 2 amide bonds. The lowest BCUT2D eigenvalue weighted by Gasteiger charge is -2.24. The second kappa shape index (κ2) is 5.82. The van der Waals surface area contributed by atoms with E-state index in [4.69, 9.17) is 0 Å². The van der Waals surface area contributed by atoms with E-state index in [0.717, 1.165) is 6.07 Å². The molecule has 0 fully saturated rings. The van der Waals surface area contributed by atoms with E-state index in [9.17, 15) is 31.5 Å². The van der Waals surface area contributed by atoms with Gasteiger partial charge in [0.25, 0.3) is 12.3 Å². The van der Waals surface area contributed by atoms with Crippen molar-refractivity contribution >= 4 is 27.7 Å². The zero-order chi connectivity index (χ0) is 16.7. The molecule has 1 aromatic rings. The normalized spacial score (nSPS) is 17.6. The molecule has 1 aliphatic heterocycles. The molecule has 0 aliphatic carbocycles. The Morgan fingerprint density at radius 3 is 2.50 bits per heavy atom. The SMILES string of the molecule is O=C(CN1C(=O)c2c(Br)cccc2C1(F)F)NC(F)C(F)F. The van der Waals surface area contributed by atoms with Crippen molar-refractivity contribution in [3.05, 3.63) is 33.8 Å². The Bertz CT molecular complexity index is 626. The zero-order valence-corrected chi connectivity index (χ0v) is 12.2. The molecule has 0 aromatic heterocycles. The highest BCUT2D eigenvalue weighted by Gasteiger charge is 2.52. The van der Waals surface area contributed by atoms with Gasteiger partial charge in [0.15, 0.2) is 0 Å². The third-order valence-corrected chi connectivity index (χ3v) is 3.62. The van der Waals surface area contributed by atoms with E-state index in [1.807, 2.05) is 0 Å². The van der Waals surface area contributed by atoms with Crippen LogP contribution in [0, 0.1) is 0 Å². The van der Waals surface area contributed by atoms with Crippen LogP contribution in [0.4, 0.5) is 22.0 Å². The fourth-order valence-electron chi connectivity index (χ4n) is 1.98. The first-order valence-electron chi connectivity index (χ1n) is 5.86. The molecule has 22 heavy (non-hydrogen) atoms. The van der Waals surface area contributed by atoms with Crippen LogP contribution in [0.5, 0.6) is 0 Å². The van der Waals surface area contributed by atoms with Gasteiger partial charge < -0.3 is 5.32 Å². The van der Waals surface area contributed by atoms with E-state index < -0.39 is 42.7 Å². The van der Waals surface area contributed by atoms with Crippen molar-refractivity contribution in [2.45, 2.75) is 18.8 Å². The van der Waals surface area contributed by atoms with Crippen LogP contribution < -0.4 is 5.32 Å². The van der Waals surface area contributed by atoms with Gasteiger partial charge in [0.05, 0.1) is 11.1 Å². The predicted octanol–water partition coefficient (Wildman–Crippen LogP) is 2.63. The third kappa shape index (κ3) is 2.79. The first kappa shape index (κ1) is 16.7. The van der Waals surface area contributed by atoms with E-state index in [1.165, 1.54) is 17.4 Å². The number of amides is 2. The standard InChI is InChI=1S/C12H8BrF5N2O2/c13-6-3-1-2-5-8(6)11(22)20(12(5,17)18)4-7(21)19-10(16)9(14)15/h1-3,9-10H,4H2,(H,19,21). The van der Waals surface area contributed by atoms with Gasteiger partial charge in [-0.25, -0.2) is 13.2 Å². The molecule has 0 bridgehead atoms. The summed E-state index contributed by atoms with van der Waals surface area (Å²) >= 11 is 2.95. The van der Waals surface area contributed by atoms with Crippen LogP contribution in [0.2, 0.25) is 0 Å². The highest BCUT2D eigenvalue weighted by Crippen LogP contribution is 2.43. The lowest BCUT2D eigenvalue weighted by atomic mass is 10.1. The molecule has 1 atom stereocenters. The second-order valence-electron chi connectivity index (χ2n) is 4.40. The van der Waals surface area contributed by atoms with Crippen LogP contribution in [-0.2, 0) is 10.8 Å². The van der Waals surface area contributed by atoms with Crippen LogP contribution in [0.15, 0.2) is 22.7 Å². The summed E-state index contributed by atoms with van der Waals surface area (Å²) in [6, 6.07) is -0.149. The summed E-state index contributed by atoms with van der Waals surface area (Å²) in [5, 5.41) is 1.21. The maximum atomic E-state index is 14.2. The van der Waals surface area contributed by atoms with Gasteiger partial charge in [0.2, 0.25) is 12.2 Å². The largest absolute Gasteiger partial charge is 0.356 e. The summed E-state index contributed by atoms with van der Waals surface area (Å²) < 4.78 is 65.0. The fourth-order valence-corrected chi connectivity index (χ4v) is 2.51. The maximum Gasteiger partial charge on any atom is 0.356 e. The number of nitrogens with zero attached hydrogens (tertiary/aromatic N) is 1. The number of halogens is 6. The van der Waals surface area contributed by atoms with E-state index in [2.05, 4.69) is 15.9 Å². The van der Waals surface area contributed by atoms with Crippen molar-refractivity contribution in [2.24, 2.45) is 0 Å². The molecule has 1 unspecified atom stereocenters. The van der Waals surface area contributed by atoms with E-state index in [0.29, 0.717) is 0 Å². The number of hydrogen-bond acceptors (Lipinski definition) is 2. The summed E-state index contributed by atoms with van der Waals surface area (Å²) in [6.07, 6.45) is -6.49. The summed E-state index contributed by atoms with van der Waals surface area (Å²) in [5.74, 6) is -2.61. The molecule has 0 radical (unpaired) electrons. The van der Waals surface area contributed by atoms with E-state index in [-0.39, 0.29) is 14.9 Å². The molecule has 1 aromatic carbocycles. The van der Waals surface area contributed by atoms with Crippen LogP contribution in [0.1, 0.15) is 15.9 Å². The van der Waals surface area contributed by atoms with Crippen LogP contribution >= 0.6 is 15.9 Å². The molecule has 2 rings (SSSR count). The molecular weight excluding hydrogens is 379 g/mol. The summed E-state index contributed by atoms with van der Waals surface area (Å²) in [4.78, 5) is 23.2. The molecule has 120 valence electrons. The van der Waals surface area contributed by atoms with Gasteiger partial charge in [0.1, 0.15) is 6.54 Å². The minimum atomic E-state index is -3.80. The van der Waals surface area contributed by atoms with Crippen molar-refractivity contribution in [2.75, 3.05) is 6.54 Å². The highest BCUT2D eigenvalue weighted by molar-refractivity contribution is 9.10. The predicted molar refractivity (Wildman–Crippen MR) is 68.1 cm³/mol. The topological polar surface area (TPSA) is 49.4 Å². The number of carbonyl (C=O) groups excluding carboxylic acids is 2. The minimum Gasteiger partial charge on any atom is -0.320 e. The third-order valence-electron chi connectivity index (χ3n) is 2.96. The Balaban J connectivity index is 2.22. The number of carbonyl (C=O) groups is 2. The van der Waals surface area contributed by atoms with Crippen LogP contribution in [-0.4, -0.2) is 36.0 Å². The van der Waals surface area contributed by atoms with Crippen molar-refractivity contribution in [1.29, 1.82) is 0 Å². The summed E-state index contributed by atoms with van der Waals surface area (Å²) in [7, 11) is 0. The van der Waals surface area contributed by atoms with Crippen molar-refractivity contribution in [3.8, 4) is 0 Å². The minimum absolute atomic E-state index is 0.101. The van der Waals surface area contributed by atoms with Crippen LogP contribution in [0.25, 0.3) is 0 Å². The van der Waals surface area contributed by atoms with E-state index in [1.54, 1.807) is 0 Å². The first-order valence-corrected chi connectivity index (χ1v) is 6.66. The molecule has 1 N–H and O–H groups in total. The molecule has 4 nitrogen and oxygen atoms in total. The Kier molecular flexibility index (Phi) is 4.41. The van der Waals surface area contributed by atoms with Gasteiger partial charge in [-0.05, 0) is 22.0 Å². The molecular formula is C12H8BrF5N2O2. The Morgan fingerprint density at radius 2 is 1.95 bits per heavy atom. The number of fused-ring (bicyclic) bond motifs is 1. The average molecular weight is 387 g/mol. The Morgan fingerprint density at radius 1 is 1.32 bits per heavy atom. The zero-order valence-electron chi connectivity index (χ0n) is 10.6. The van der Waals surface area contributed by atoms with Gasteiger partial charge in [-0.2, -0.15) is 8.78 Å². The van der Waals surface area contributed by atoms with Gasteiger partial charge in [0, 0.05) is 4.47 Å². The number of hydrogen-bond donors (Lipinski definition) is 1. The quantitative estimate of drug-likeness (QED) is 0.638. The maximum absolute atomic E-state index is 14.2. The van der Waals surface area contributed by atoms with Gasteiger partial charge in [-0.1, -0.05) is 12.1 Å². The number of alkyl halides is 5. The van der Waals surface area contributed by atoms with E-state index >= 15 is 0 Å². The smallest absolute Gasteiger partial charge is 0.320 e. The Labute approximate surface area is 129 Å². The highest BCUT2D eigenvalue weighted by atomic mass is 79.9. The fraction of sp³-hybridized carbons (Fsp3) is 0.333. The molecule has 0 saturated heterocycles. The van der Waals surface area contributed by atoms with Gasteiger partial charge in [-0.15, -0.1) is 0 Å². The summed E-state index contributed by atoms with van der Waals surface area (Å²) in [6.45, 7) is -1.25. The monoisotopic (exact) mass is 386 g/mol. The molecule has 0 saturated carbocycles. The van der Waals surface area contributed by atoms with Crippen molar-refractivity contribution in [3.63, 3.8) is 0 Å². The Hall–Kier alpha value is -1.71. The first-order chi connectivity index (χ1) is 10.2. The lowest BCUT2D eigenvalue weighted by Crippen LogP contribution is -2.47. The molecule has 1 heterocycles. The summed E-state index contributed by atoms with van der Waals surface area (Å²) in [5.41, 5.74) is -0.948. The average Bonchev–Trinajstić information content (AvgIpc) is 2.61. The lowest BCUT2D eigenvalue weighted by molar-refractivity contribution is -0.144.